The fraction of sp³-hybridized carbons (Fsp3) is 0.778. The predicted molar refractivity (Wildman–Crippen MR) is 53.9 cm³/mol. The van der Waals surface area contributed by atoms with Crippen LogP contribution in [0.4, 0.5) is 0 Å². The van der Waals surface area contributed by atoms with E-state index in [1.165, 1.54) is 0 Å². The van der Waals surface area contributed by atoms with Crippen molar-refractivity contribution in [1.82, 2.24) is 0 Å². The second-order valence-corrected chi connectivity index (χ2v) is 3.97. The lowest BCUT2D eigenvalue weighted by Gasteiger charge is -1.97. The molecule has 3 nitrogen and oxygen atoms in total. The molecular weight excluding hydrogens is 188 g/mol. The summed E-state index contributed by atoms with van der Waals surface area (Å²) in [6.07, 6.45) is 3.76. The van der Waals surface area contributed by atoms with E-state index < -0.39 is 5.97 Å². The van der Waals surface area contributed by atoms with Gasteiger partial charge in [-0.25, -0.2) is 0 Å². The maximum absolute atomic E-state index is 11.1. The first-order valence-electron chi connectivity index (χ1n) is 4.54. The van der Waals surface area contributed by atoms with Crippen molar-refractivity contribution in [1.29, 1.82) is 0 Å². The van der Waals surface area contributed by atoms with Crippen molar-refractivity contribution in [3.05, 3.63) is 0 Å². The van der Waals surface area contributed by atoms with Gasteiger partial charge in [-0.1, -0.05) is 31.5 Å². The molecule has 0 aromatic carbocycles. The van der Waals surface area contributed by atoms with Gasteiger partial charge in [-0.3, -0.25) is 9.59 Å². The summed E-state index contributed by atoms with van der Waals surface area (Å²) in [6.45, 7) is 2.09. The van der Waals surface area contributed by atoms with Crippen LogP contribution in [0.25, 0.3) is 0 Å². The maximum atomic E-state index is 11.1. The summed E-state index contributed by atoms with van der Waals surface area (Å²) in [6, 6.07) is 0. The third-order valence-corrected chi connectivity index (χ3v) is 2.50. The van der Waals surface area contributed by atoms with Gasteiger partial charge in [0, 0.05) is 12.2 Å². The number of rotatable bonds is 7. The van der Waals surface area contributed by atoms with Crippen LogP contribution < -0.4 is 0 Å². The van der Waals surface area contributed by atoms with Gasteiger partial charge in [0.1, 0.15) is 0 Å². The van der Waals surface area contributed by atoms with E-state index in [1.54, 1.807) is 0 Å². The van der Waals surface area contributed by atoms with Crippen LogP contribution in [0.15, 0.2) is 0 Å². The molecule has 0 rings (SSSR count). The highest BCUT2D eigenvalue weighted by Gasteiger charge is 2.03. The second kappa shape index (κ2) is 8.10. The van der Waals surface area contributed by atoms with E-state index in [9.17, 15) is 9.59 Å². The molecular formula is C9H16O3S. The fourth-order valence-electron chi connectivity index (χ4n) is 0.844. The predicted octanol–water partition coefficient (Wildman–Crippen LogP) is 2.30. The lowest BCUT2D eigenvalue weighted by molar-refractivity contribution is -0.136. The van der Waals surface area contributed by atoms with E-state index in [1.807, 2.05) is 0 Å². The van der Waals surface area contributed by atoms with Crippen molar-refractivity contribution in [2.24, 2.45) is 0 Å². The summed E-state index contributed by atoms with van der Waals surface area (Å²) in [7, 11) is 0. The number of thioether (sulfide) groups is 1. The molecule has 0 saturated heterocycles. The fourth-order valence-corrected chi connectivity index (χ4v) is 1.64. The van der Waals surface area contributed by atoms with Crippen LogP contribution in [-0.2, 0) is 9.59 Å². The molecule has 0 bridgehead atoms. The lowest BCUT2D eigenvalue weighted by atomic mass is 10.2. The minimum atomic E-state index is -0.839. The van der Waals surface area contributed by atoms with Gasteiger partial charge in [-0.05, 0) is 6.42 Å². The van der Waals surface area contributed by atoms with Crippen molar-refractivity contribution in [3.8, 4) is 0 Å². The van der Waals surface area contributed by atoms with Gasteiger partial charge >= 0.3 is 5.97 Å². The Hall–Kier alpha value is -0.510. The van der Waals surface area contributed by atoms with Crippen LogP contribution >= 0.6 is 11.8 Å². The van der Waals surface area contributed by atoms with Crippen LogP contribution in [0.1, 0.15) is 39.0 Å². The Bertz CT molecular complexity index is 168. The summed E-state index contributed by atoms with van der Waals surface area (Å²) in [4.78, 5) is 21.2. The third kappa shape index (κ3) is 9.40. The topological polar surface area (TPSA) is 54.4 Å². The molecule has 0 aromatic rings. The molecule has 0 atom stereocenters. The number of aliphatic carboxylic acids is 1. The number of carbonyl (C=O) groups is 2. The quantitative estimate of drug-likeness (QED) is 0.646. The zero-order chi connectivity index (χ0) is 10.1. The molecule has 0 amide bonds. The van der Waals surface area contributed by atoms with Gasteiger partial charge in [-0.2, -0.15) is 0 Å². The summed E-state index contributed by atoms with van der Waals surface area (Å²) in [5.41, 5.74) is 0. The van der Waals surface area contributed by atoms with Crippen LogP contribution in [0.2, 0.25) is 0 Å². The summed E-state index contributed by atoms with van der Waals surface area (Å²) in [5, 5.41) is 8.44. The van der Waals surface area contributed by atoms with Crippen molar-refractivity contribution in [2.75, 3.05) is 5.75 Å². The first-order valence-corrected chi connectivity index (χ1v) is 5.52. The van der Waals surface area contributed by atoms with E-state index in [4.69, 9.17) is 5.11 Å². The van der Waals surface area contributed by atoms with Crippen LogP contribution in [0.3, 0.4) is 0 Å². The molecule has 4 heteroatoms. The molecule has 0 heterocycles. The smallest absolute Gasteiger partial charge is 0.304 e. The van der Waals surface area contributed by atoms with Gasteiger partial charge < -0.3 is 5.11 Å². The Balaban J connectivity index is 3.25. The van der Waals surface area contributed by atoms with E-state index in [0.29, 0.717) is 12.2 Å². The van der Waals surface area contributed by atoms with E-state index in [0.717, 1.165) is 31.0 Å². The Morgan fingerprint density at radius 3 is 2.46 bits per heavy atom. The largest absolute Gasteiger partial charge is 0.481 e. The highest BCUT2D eigenvalue weighted by molar-refractivity contribution is 8.13. The molecule has 1 N–H and O–H groups in total. The van der Waals surface area contributed by atoms with Crippen LogP contribution in [0.5, 0.6) is 0 Å². The molecule has 13 heavy (non-hydrogen) atoms. The Kier molecular flexibility index (Phi) is 7.79. The van der Waals surface area contributed by atoms with Gasteiger partial charge in [0.15, 0.2) is 5.12 Å². The van der Waals surface area contributed by atoms with Crippen molar-refractivity contribution < 1.29 is 14.7 Å². The third-order valence-electron chi connectivity index (χ3n) is 1.56. The summed E-state index contributed by atoms with van der Waals surface area (Å²) < 4.78 is 0. The minimum Gasteiger partial charge on any atom is -0.481 e. The van der Waals surface area contributed by atoms with Gasteiger partial charge in [0.05, 0.1) is 6.42 Å². The zero-order valence-corrected chi connectivity index (χ0v) is 8.73. The Labute approximate surface area is 82.9 Å². The lowest BCUT2D eigenvalue weighted by Crippen LogP contribution is -1.99. The molecule has 0 spiro atoms. The summed E-state index contributed by atoms with van der Waals surface area (Å²) in [5.74, 6) is -0.436. The minimum absolute atomic E-state index is 0.0736. The first kappa shape index (κ1) is 12.5. The number of carbonyl (C=O) groups excluding carboxylic acids is 1. The van der Waals surface area contributed by atoms with E-state index >= 15 is 0 Å². The van der Waals surface area contributed by atoms with Crippen LogP contribution in [0, 0.1) is 0 Å². The zero-order valence-electron chi connectivity index (χ0n) is 7.91. The van der Waals surface area contributed by atoms with Crippen LogP contribution in [-0.4, -0.2) is 21.9 Å². The monoisotopic (exact) mass is 204 g/mol. The maximum Gasteiger partial charge on any atom is 0.304 e. The summed E-state index contributed by atoms with van der Waals surface area (Å²) >= 11 is 1.14. The number of hydrogen-bond acceptors (Lipinski definition) is 3. The molecule has 0 saturated carbocycles. The SMILES string of the molecule is CCCCCC(=O)SCCC(=O)O. The average molecular weight is 204 g/mol. The number of carboxylic acids is 1. The Morgan fingerprint density at radius 2 is 1.92 bits per heavy atom. The number of hydrogen-bond donors (Lipinski definition) is 1. The highest BCUT2D eigenvalue weighted by Crippen LogP contribution is 2.10. The first-order chi connectivity index (χ1) is 6.16. The van der Waals surface area contributed by atoms with E-state index in [2.05, 4.69) is 6.92 Å². The van der Waals surface area contributed by atoms with Gasteiger partial charge in [0.25, 0.3) is 0 Å². The van der Waals surface area contributed by atoms with Crippen molar-refractivity contribution >= 4 is 22.8 Å². The Morgan fingerprint density at radius 1 is 1.23 bits per heavy atom. The van der Waals surface area contributed by atoms with Gasteiger partial charge in [0.2, 0.25) is 0 Å². The number of carboxylic acid groups (broad SMARTS) is 1. The van der Waals surface area contributed by atoms with Gasteiger partial charge in [-0.15, -0.1) is 0 Å². The van der Waals surface area contributed by atoms with Crippen molar-refractivity contribution in [2.45, 2.75) is 39.0 Å². The van der Waals surface area contributed by atoms with Crippen molar-refractivity contribution in [3.63, 3.8) is 0 Å². The standard InChI is InChI=1S/C9H16O3S/c1-2-3-4-5-9(12)13-7-6-8(10)11/h2-7H2,1H3,(H,10,11). The number of unbranched alkanes of at least 4 members (excludes halogenated alkanes) is 2. The molecule has 0 aliphatic carbocycles. The molecule has 0 radical (unpaired) electrons. The molecule has 76 valence electrons. The average Bonchev–Trinajstić information content (AvgIpc) is 2.04. The highest BCUT2D eigenvalue weighted by atomic mass is 32.2. The molecule has 0 aliphatic heterocycles. The molecule has 0 unspecified atom stereocenters. The second-order valence-electron chi connectivity index (χ2n) is 2.82. The van der Waals surface area contributed by atoms with E-state index in [-0.39, 0.29) is 11.5 Å². The molecule has 0 aromatic heterocycles. The molecule has 0 fully saturated rings. The normalized spacial score (nSPS) is 9.92. The molecule has 0 aliphatic rings.